The van der Waals surface area contributed by atoms with Crippen LogP contribution in [0.25, 0.3) is 32.6 Å². The third-order valence-corrected chi connectivity index (χ3v) is 5.15. The minimum absolute atomic E-state index is 0.314. The Morgan fingerprint density at radius 1 is 1.20 bits per heavy atom. The van der Waals surface area contributed by atoms with Crippen LogP contribution in [0.3, 0.4) is 0 Å². The van der Waals surface area contributed by atoms with Gasteiger partial charge in [0.15, 0.2) is 0 Å². The summed E-state index contributed by atoms with van der Waals surface area (Å²) in [6.07, 6.45) is 3.67. The van der Waals surface area contributed by atoms with E-state index in [2.05, 4.69) is 9.97 Å². The Kier molecular flexibility index (Phi) is 3.74. The van der Waals surface area contributed by atoms with Gasteiger partial charge >= 0.3 is 5.97 Å². The molecule has 0 spiro atoms. The molecule has 0 aliphatic carbocycles. The summed E-state index contributed by atoms with van der Waals surface area (Å²) in [6.45, 7) is 0. The maximum Gasteiger partial charge on any atom is 0.345 e. The zero-order chi connectivity index (χ0) is 17.4. The molecule has 25 heavy (non-hydrogen) atoms. The lowest BCUT2D eigenvalue weighted by Gasteiger charge is -2.07. The Morgan fingerprint density at radius 3 is 2.80 bits per heavy atom. The minimum atomic E-state index is -0.915. The van der Waals surface area contributed by atoms with Crippen LogP contribution in [-0.4, -0.2) is 28.2 Å². The van der Waals surface area contributed by atoms with Gasteiger partial charge in [0.2, 0.25) is 0 Å². The van der Waals surface area contributed by atoms with Crippen LogP contribution in [-0.2, 0) is 0 Å². The number of rotatable bonds is 4. The van der Waals surface area contributed by atoms with Crippen molar-refractivity contribution in [3.63, 3.8) is 0 Å². The maximum atomic E-state index is 11.1. The number of carboxylic acids is 1. The van der Waals surface area contributed by atoms with Gasteiger partial charge in [0.05, 0.1) is 7.11 Å². The maximum absolute atomic E-state index is 11.1. The summed E-state index contributed by atoms with van der Waals surface area (Å²) in [7, 11) is 1.65. The summed E-state index contributed by atoms with van der Waals surface area (Å²) in [4.78, 5) is 19.9. The highest BCUT2D eigenvalue weighted by atomic mass is 32.1. The van der Waals surface area contributed by atoms with Crippen molar-refractivity contribution in [2.24, 2.45) is 0 Å². The highest BCUT2D eigenvalue weighted by Gasteiger charge is 2.14. The number of H-pyrrole nitrogens is 1. The highest BCUT2D eigenvalue weighted by Crippen LogP contribution is 2.37. The molecule has 6 heteroatoms. The first-order valence-corrected chi connectivity index (χ1v) is 8.43. The number of nitrogens with zero attached hydrogens (tertiary/aromatic N) is 1. The molecule has 4 aromatic rings. The lowest BCUT2D eigenvalue weighted by molar-refractivity contribution is 0.0702. The first-order valence-electron chi connectivity index (χ1n) is 7.61. The average Bonchev–Trinajstić information content (AvgIpc) is 3.28. The molecule has 0 aliphatic rings. The van der Waals surface area contributed by atoms with Gasteiger partial charge in [0, 0.05) is 39.3 Å². The fourth-order valence-corrected chi connectivity index (χ4v) is 3.66. The molecule has 0 bridgehead atoms. The van der Waals surface area contributed by atoms with E-state index in [1.165, 1.54) is 11.3 Å². The lowest BCUT2D eigenvalue weighted by Crippen LogP contribution is -1.89. The number of carbonyl (C=O) groups is 1. The number of nitrogens with one attached hydrogen (secondary N) is 1. The summed E-state index contributed by atoms with van der Waals surface area (Å²) in [5.41, 5.74) is 3.64. The number of carboxylic acid groups (broad SMARTS) is 1. The largest absolute Gasteiger partial charge is 0.496 e. The number of benzene rings is 1. The standard InChI is InChI=1S/C19H14N2O3S/c1-24-15-5-3-2-4-12(15)14-10-21-18-13(14)8-11(9-20-18)16-6-7-17(25-16)19(22)23/h2-10H,1H3,(H,20,21)(H,22,23). The molecule has 0 radical (unpaired) electrons. The number of hydrogen-bond donors (Lipinski definition) is 2. The molecule has 1 aromatic carbocycles. The van der Waals surface area contributed by atoms with Crippen LogP contribution in [0.5, 0.6) is 5.75 Å². The van der Waals surface area contributed by atoms with Crippen molar-refractivity contribution in [2.45, 2.75) is 0 Å². The van der Waals surface area contributed by atoms with E-state index in [9.17, 15) is 4.79 Å². The second kappa shape index (κ2) is 6.07. The average molecular weight is 350 g/mol. The van der Waals surface area contributed by atoms with Crippen molar-refractivity contribution in [3.8, 4) is 27.3 Å². The zero-order valence-corrected chi connectivity index (χ0v) is 14.1. The minimum Gasteiger partial charge on any atom is -0.496 e. The molecule has 0 saturated heterocycles. The van der Waals surface area contributed by atoms with Crippen LogP contribution in [0, 0.1) is 0 Å². The predicted octanol–water partition coefficient (Wildman–Crippen LogP) is 4.67. The molecule has 2 N–H and O–H groups in total. The van der Waals surface area contributed by atoms with Crippen molar-refractivity contribution in [1.82, 2.24) is 9.97 Å². The number of aromatic nitrogens is 2. The summed E-state index contributed by atoms with van der Waals surface area (Å²) in [5.74, 6) is -0.125. The van der Waals surface area contributed by atoms with E-state index in [0.29, 0.717) is 4.88 Å². The number of para-hydroxylation sites is 1. The van der Waals surface area contributed by atoms with Crippen molar-refractivity contribution in [3.05, 3.63) is 59.7 Å². The van der Waals surface area contributed by atoms with Gasteiger partial charge in [-0.3, -0.25) is 0 Å². The molecule has 0 saturated carbocycles. The van der Waals surface area contributed by atoms with Gasteiger partial charge in [0.1, 0.15) is 16.3 Å². The highest BCUT2D eigenvalue weighted by molar-refractivity contribution is 7.17. The van der Waals surface area contributed by atoms with Gasteiger partial charge in [0.25, 0.3) is 0 Å². The lowest BCUT2D eigenvalue weighted by atomic mass is 10.0. The van der Waals surface area contributed by atoms with Gasteiger partial charge < -0.3 is 14.8 Å². The molecule has 0 fully saturated rings. The van der Waals surface area contributed by atoms with Gasteiger partial charge in [-0.05, 0) is 24.3 Å². The van der Waals surface area contributed by atoms with Gasteiger partial charge in [-0.15, -0.1) is 11.3 Å². The normalized spacial score (nSPS) is 10.9. The Hall–Kier alpha value is -3.12. The van der Waals surface area contributed by atoms with Gasteiger partial charge in [-0.25, -0.2) is 9.78 Å². The number of ether oxygens (including phenoxy) is 1. The molecule has 0 aliphatic heterocycles. The number of hydrogen-bond acceptors (Lipinski definition) is 4. The Morgan fingerprint density at radius 2 is 2.04 bits per heavy atom. The quantitative estimate of drug-likeness (QED) is 0.561. The smallest absolute Gasteiger partial charge is 0.345 e. The van der Waals surface area contributed by atoms with Crippen LogP contribution in [0.1, 0.15) is 9.67 Å². The number of aromatic amines is 1. The van der Waals surface area contributed by atoms with Crippen LogP contribution < -0.4 is 4.74 Å². The SMILES string of the molecule is COc1ccccc1-c1c[nH]c2ncc(-c3ccc(C(=O)O)s3)cc12. The molecule has 0 unspecified atom stereocenters. The first kappa shape index (κ1) is 15.4. The van der Waals surface area contributed by atoms with E-state index in [-0.39, 0.29) is 0 Å². The van der Waals surface area contributed by atoms with Crippen molar-refractivity contribution < 1.29 is 14.6 Å². The summed E-state index contributed by atoms with van der Waals surface area (Å²) >= 11 is 1.24. The van der Waals surface area contributed by atoms with E-state index in [4.69, 9.17) is 9.84 Å². The van der Waals surface area contributed by atoms with E-state index in [0.717, 1.165) is 38.4 Å². The van der Waals surface area contributed by atoms with Crippen molar-refractivity contribution in [1.29, 1.82) is 0 Å². The molecule has 5 nitrogen and oxygen atoms in total. The molecular formula is C19H14N2O3S. The van der Waals surface area contributed by atoms with Gasteiger partial charge in [-0.1, -0.05) is 18.2 Å². The molecule has 124 valence electrons. The summed E-state index contributed by atoms with van der Waals surface area (Å²) in [6, 6.07) is 13.3. The first-order chi connectivity index (χ1) is 12.2. The third kappa shape index (κ3) is 2.66. The monoisotopic (exact) mass is 350 g/mol. The molecule has 3 heterocycles. The Labute approximate surface area is 147 Å². The van der Waals surface area contributed by atoms with Crippen molar-refractivity contribution >= 4 is 28.3 Å². The molecule has 4 rings (SSSR count). The topological polar surface area (TPSA) is 75.2 Å². The van der Waals surface area contributed by atoms with Gasteiger partial charge in [-0.2, -0.15) is 0 Å². The van der Waals surface area contributed by atoms with Crippen LogP contribution >= 0.6 is 11.3 Å². The molecule has 0 atom stereocenters. The number of aromatic carboxylic acids is 1. The number of fused-ring (bicyclic) bond motifs is 1. The predicted molar refractivity (Wildman–Crippen MR) is 98.4 cm³/mol. The second-order valence-corrected chi connectivity index (χ2v) is 6.58. The Balaban J connectivity index is 1.86. The number of methoxy groups -OCH3 is 1. The Bertz CT molecular complexity index is 1080. The fraction of sp³-hybridized carbons (Fsp3) is 0.0526. The summed E-state index contributed by atoms with van der Waals surface area (Å²) in [5, 5.41) is 10.1. The van der Waals surface area contributed by atoms with Crippen LogP contribution in [0.4, 0.5) is 0 Å². The zero-order valence-electron chi connectivity index (χ0n) is 13.3. The third-order valence-electron chi connectivity index (χ3n) is 4.03. The summed E-state index contributed by atoms with van der Waals surface area (Å²) < 4.78 is 5.47. The number of pyridine rings is 1. The van der Waals surface area contributed by atoms with Crippen LogP contribution in [0.15, 0.2) is 54.9 Å². The van der Waals surface area contributed by atoms with E-state index in [1.807, 2.05) is 42.6 Å². The second-order valence-electron chi connectivity index (χ2n) is 5.49. The molecule has 3 aromatic heterocycles. The molecular weight excluding hydrogens is 336 g/mol. The van der Waals surface area contributed by atoms with Crippen LogP contribution in [0.2, 0.25) is 0 Å². The van der Waals surface area contributed by atoms with Crippen molar-refractivity contribution in [2.75, 3.05) is 7.11 Å². The van der Waals surface area contributed by atoms with E-state index < -0.39 is 5.97 Å². The fourth-order valence-electron chi connectivity index (χ4n) is 2.84. The van der Waals surface area contributed by atoms with E-state index in [1.54, 1.807) is 19.4 Å². The van der Waals surface area contributed by atoms with E-state index >= 15 is 0 Å². The molecule has 0 amide bonds. The number of thiophene rings is 1.